The number of benzene rings is 1. The van der Waals surface area contributed by atoms with Crippen LogP contribution < -0.4 is 0 Å². The molecular weight excluding hydrogens is 309 g/mol. The zero-order valence-corrected chi connectivity index (χ0v) is 15.0. The maximum absolute atomic E-state index is 13.0. The first-order valence-electron chi connectivity index (χ1n) is 8.24. The highest BCUT2D eigenvalue weighted by Crippen LogP contribution is 2.39. The van der Waals surface area contributed by atoms with Crippen molar-refractivity contribution in [3.05, 3.63) is 59.1 Å². The smallest absolute Gasteiger partial charge is 0.399 e. The van der Waals surface area contributed by atoms with Crippen molar-refractivity contribution in [1.82, 2.24) is 0 Å². The summed E-state index contributed by atoms with van der Waals surface area (Å²) in [5.41, 5.74) is 1.34. The molecule has 0 bridgehead atoms. The molecule has 0 atom stereocenters. The Morgan fingerprint density at radius 3 is 2.08 bits per heavy atom. The Kier molecular flexibility index (Phi) is 5.66. The zero-order chi connectivity index (χ0) is 18.0. The van der Waals surface area contributed by atoms with Gasteiger partial charge in [-0.25, -0.2) is 0 Å². The third kappa shape index (κ3) is 4.34. The van der Waals surface area contributed by atoms with Gasteiger partial charge in [0.1, 0.15) is 0 Å². The molecule has 0 saturated carbocycles. The molecule has 0 unspecified atom stereocenters. The summed E-state index contributed by atoms with van der Waals surface area (Å²) in [4.78, 5) is 0. The normalized spacial score (nSPS) is 19.9. The first-order valence-corrected chi connectivity index (χ1v) is 8.24. The summed E-state index contributed by atoms with van der Waals surface area (Å²) in [6.45, 7) is 9.53. The highest BCUT2D eigenvalue weighted by atomic mass is 19.3. The summed E-state index contributed by atoms with van der Waals surface area (Å²) in [6, 6.07) is 9.99. The van der Waals surface area contributed by atoms with Crippen LogP contribution >= 0.6 is 0 Å². The topological polar surface area (TPSA) is 18.5 Å². The predicted molar refractivity (Wildman–Crippen MR) is 93.8 cm³/mol. The largest absolute Gasteiger partial charge is 0.494 e. The van der Waals surface area contributed by atoms with E-state index < -0.39 is 24.4 Å². The van der Waals surface area contributed by atoms with E-state index in [0.29, 0.717) is 11.9 Å². The minimum absolute atomic E-state index is 0.421. The van der Waals surface area contributed by atoms with Gasteiger partial charge in [0, 0.05) is 6.08 Å². The van der Waals surface area contributed by atoms with Gasteiger partial charge in [-0.2, -0.15) is 8.78 Å². The monoisotopic (exact) mass is 334 g/mol. The molecule has 0 aliphatic carbocycles. The molecule has 0 amide bonds. The molecular formula is C19H25BF2O2. The Bertz CT molecular complexity index is 616. The van der Waals surface area contributed by atoms with Crippen molar-refractivity contribution in [3.8, 4) is 0 Å². The highest BCUT2D eigenvalue weighted by molar-refractivity contribution is 6.55. The molecule has 0 N–H and O–H groups in total. The van der Waals surface area contributed by atoms with Crippen LogP contribution in [0.3, 0.4) is 0 Å². The standard InChI is InChI=1S/C19H25BF2O2/c1-14(11-12-15-9-7-6-8-10-15)16(13-17(21)22)20-23-18(2,3)19(4,5)24-20/h6-10,13H,11-12H2,1-5H3/b16-14-. The van der Waals surface area contributed by atoms with Gasteiger partial charge in [-0.05, 0) is 58.5 Å². The van der Waals surface area contributed by atoms with E-state index in [0.717, 1.165) is 18.1 Å². The van der Waals surface area contributed by atoms with Gasteiger partial charge in [-0.15, -0.1) is 0 Å². The molecule has 0 spiro atoms. The van der Waals surface area contributed by atoms with E-state index in [1.807, 2.05) is 65.0 Å². The van der Waals surface area contributed by atoms with Crippen molar-refractivity contribution < 1.29 is 18.1 Å². The molecule has 2 rings (SSSR count). The first-order chi connectivity index (χ1) is 11.1. The van der Waals surface area contributed by atoms with E-state index in [4.69, 9.17) is 9.31 Å². The van der Waals surface area contributed by atoms with Gasteiger partial charge in [0.05, 0.1) is 11.2 Å². The van der Waals surface area contributed by atoms with Crippen molar-refractivity contribution in [2.75, 3.05) is 0 Å². The molecule has 1 heterocycles. The summed E-state index contributed by atoms with van der Waals surface area (Å²) >= 11 is 0. The molecule has 1 aromatic rings. The van der Waals surface area contributed by atoms with Crippen molar-refractivity contribution in [1.29, 1.82) is 0 Å². The summed E-state index contributed by atoms with van der Waals surface area (Å²) in [5.74, 6) is 0. The third-order valence-electron chi connectivity index (χ3n) is 4.90. The molecule has 130 valence electrons. The molecule has 0 aromatic heterocycles. The van der Waals surface area contributed by atoms with Gasteiger partial charge >= 0.3 is 7.12 Å². The van der Waals surface area contributed by atoms with Crippen molar-refractivity contribution in [2.45, 2.75) is 58.7 Å². The van der Waals surface area contributed by atoms with Gasteiger partial charge < -0.3 is 9.31 Å². The number of hydrogen-bond acceptors (Lipinski definition) is 2. The SMILES string of the molecule is C/C(CCc1ccccc1)=C(\C=C(F)F)B1OC(C)(C)C(C)(C)O1. The van der Waals surface area contributed by atoms with Gasteiger partial charge in [-0.1, -0.05) is 35.9 Å². The number of aryl methyl sites for hydroxylation is 1. The second kappa shape index (κ2) is 7.20. The lowest BCUT2D eigenvalue weighted by Gasteiger charge is -2.32. The fourth-order valence-electron chi connectivity index (χ4n) is 2.60. The van der Waals surface area contributed by atoms with E-state index in [9.17, 15) is 8.78 Å². The molecule has 24 heavy (non-hydrogen) atoms. The summed E-state index contributed by atoms with van der Waals surface area (Å²) in [5, 5.41) is 0. The molecule has 0 radical (unpaired) electrons. The lowest BCUT2D eigenvalue weighted by atomic mass is 9.74. The first kappa shape index (κ1) is 18.9. The minimum Gasteiger partial charge on any atom is -0.399 e. The maximum atomic E-state index is 13.0. The molecule has 1 aromatic carbocycles. The molecule has 2 nitrogen and oxygen atoms in total. The van der Waals surface area contributed by atoms with E-state index in [2.05, 4.69) is 0 Å². The Hall–Kier alpha value is -1.46. The van der Waals surface area contributed by atoms with Crippen LogP contribution in [-0.2, 0) is 15.7 Å². The predicted octanol–water partition coefficient (Wildman–Crippen LogP) is 5.35. The highest BCUT2D eigenvalue weighted by Gasteiger charge is 2.52. The van der Waals surface area contributed by atoms with Gasteiger partial charge in [-0.3, -0.25) is 0 Å². The van der Waals surface area contributed by atoms with Crippen LogP contribution in [0.4, 0.5) is 8.78 Å². The van der Waals surface area contributed by atoms with Crippen LogP contribution in [0.2, 0.25) is 0 Å². The van der Waals surface area contributed by atoms with Crippen LogP contribution in [-0.4, -0.2) is 18.3 Å². The van der Waals surface area contributed by atoms with Crippen LogP contribution in [0.25, 0.3) is 0 Å². The zero-order valence-electron chi connectivity index (χ0n) is 15.0. The van der Waals surface area contributed by atoms with Gasteiger partial charge in [0.2, 0.25) is 0 Å². The Balaban J connectivity index is 2.23. The van der Waals surface area contributed by atoms with Crippen molar-refractivity contribution >= 4 is 7.12 Å². The lowest BCUT2D eigenvalue weighted by molar-refractivity contribution is 0.00578. The average Bonchev–Trinajstić information content (AvgIpc) is 2.71. The number of allylic oxidation sites excluding steroid dienone is 3. The third-order valence-corrected chi connectivity index (χ3v) is 4.90. The van der Waals surface area contributed by atoms with E-state index in [1.54, 1.807) is 0 Å². The molecule has 1 saturated heterocycles. The van der Waals surface area contributed by atoms with E-state index >= 15 is 0 Å². The quantitative estimate of drug-likeness (QED) is 0.534. The second-order valence-electron chi connectivity index (χ2n) is 7.24. The number of hydrogen-bond donors (Lipinski definition) is 0. The number of rotatable bonds is 5. The molecule has 1 aliphatic rings. The Labute approximate surface area is 143 Å². The molecule has 1 fully saturated rings. The maximum Gasteiger partial charge on any atom is 0.494 e. The Morgan fingerprint density at radius 1 is 1.04 bits per heavy atom. The van der Waals surface area contributed by atoms with E-state index in [1.165, 1.54) is 5.56 Å². The second-order valence-corrected chi connectivity index (χ2v) is 7.24. The summed E-state index contributed by atoms with van der Waals surface area (Å²) < 4.78 is 37.8. The molecule has 5 heteroatoms. The van der Waals surface area contributed by atoms with Gasteiger partial charge in [0.15, 0.2) is 0 Å². The van der Waals surface area contributed by atoms with Crippen LogP contribution in [0, 0.1) is 0 Å². The van der Waals surface area contributed by atoms with Crippen LogP contribution in [0.5, 0.6) is 0 Å². The lowest BCUT2D eigenvalue weighted by Crippen LogP contribution is -2.41. The van der Waals surface area contributed by atoms with Crippen LogP contribution in [0.1, 0.15) is 46.6 Å². The fourth-order valence-corrected chi connectivity index (χ4v) is 2.60. The van der Waals surface area contributed by atoms with Crippen LogP contribution in [0.15, 0.2) is 53.5 Å². The minimum atomic E-state index is -1.74. The molecule has 1 aliphatic heterocycles. The fraction of sp³-hybridized carbons (Fsp3) is 0.474. The van der Waals surface area contributed by atoms with Crippen molar-refractivity contribution in [2.24, 2.45) is 0 Å². The summed E-state index contributed by atoms with van der Waals surface area (Å²) in [7, 11) is -0.771. The summed E-state index contributed by atoms with van der Waals surface area (Å²) in [6.07, 6.45) is 0.603. The average molecular weight is 334 g/mol. The van der Waals surface area contributed by atoms with E-state index in [-0.39, 0.29) is 0 Å². The van der Waals surface area contributed by atoms with Crippen molar-refractivity contribution in [3.63, 3.8) is 0 Å². The van der Waals surface area contributed by atoms with Gasteiger partial charge in [0.25, 0.3) is 6.08 Å². The Morgan fingerprint density at radius 2 is 1.58 bits per heavy atom. The number of halogens is 2.